The summed E-state index contributed by atoms with van der Waals surface area (Å²) in [6, 6.07) is 34.5. The molecule has 4 heterocycles. The van der Waals surface area contributed by atoms with E-state index >= 15 is 0 Å². The fourth-order valence-corrected chi connectivity index (χ4v) is 7.67. The minimum absolute atomic E-state index is 0.00620. The number of hydrogen-bond acceptors (Lipinski definition) is 5. The van der Waals surface area contributed by atoms with Crippen molar-refractivity contribution in [3.05, 3.63) is 138 Å². The smallest absolute Gasteiger partial charge is 0.137 e. The van der Waals surface area contributed by atoms with Crippen LogP contribution in [0.25, 0.3) is 27.6 Å². The molecule has 0 N–H and O–H groups in total. The summed E-state index contributed by atoms with van der Waals surface area (Å²) in [6.07, 6.45) is 5.80. The van der Waals surface area contributed by atoms with Crippen LogP contribution in [0.5, 0.6) is 11.5 Å². The molecule has 52 heavy (non-hydrogen) atoms. The third kappa shape index (κ3) is 5.86. The van der Waals surface area contributed by atoms with Gasteiger partial charge in [-0.1, -0.05) is 90.4 Å². The van der Waals surface area contributed by atoms with E-state index in [1.807, 2.05) is 24.7 Å². The summed E-state index contributed by atoms with van der Waals surface area (Å²) < 4.78 is 8.93. The van der Waals surface area contributed by atoms with Crippen LogP contribution in [0.4, 0.5) is 22.7 Å². The maximum Gasteiger partial charge on any atom is 0.137 e. The molecule has 0 saturated carbocycles. The van der Waals surface area contributed by atoms with Crippen molar-refractivity contribution in [3.63, 3.8) is 0 Å². The first-order chi connectivity index (χ1) is 25.0. The number of hydrogen-bond donors (Lipinski definition) is 0. The van der Waals surface area contributed by atoms with E-state index in [0.717, 1.165) is 45.4 Å². The number of aryl methyl sites for hydroxylation is 1. The van der Waals surface area contributed by atoms with Gasteiger partial charge >= 0.3 is 0 Å². The fraction of sp³-hybridized carbons (Fsp3) is 0.261. The lowest BCUT2D eigenvalue weighted by molar-refractivity contribution is 0.483. The summed E-state index contributed by atoms with van der Waals surface area (Å²) in [7, 11) is 0. The SMILES string of the molecule is Cc1cc(C(C)C)c(N2CN(c3cccc(Oc4ccc5c6ccccc6n(-c6cc(C(C)(C)C)ccn6)c5c4)c3)c3cnccc32)c(C(C)C)c1. The van der Waals surface area contributed by atoms with E-state index in [0.29, 0.717) is 18.5 Å². The molecule has 0 amide bonds. The Labute approximate surface area is 307 Å². The Kier molecular flexibility index (Phi) is 8.29. The van der Waals surface area contributed by atoms with Crippen molar-refractivity contribution in [2.45, 2.75) is 72.6 Å². The molecule has 6 heteroatoms. The van der Waals surface area contributed by atoms with E-state index < -0.39 is 0 Å². The minimum Gasteiger partial charge on any atom is -0.457 e. The number of aromatic nitrogens is 3. The highest BCUT2D eigenvalue weighted by Gasteiger charge is 2.32. The fourth-order valence-electron chi connectivity index (χ4n) is 7.67. The lowest BCUT2D eigenvalue weighted by Gasteiger charge is -2.29. The predicted octanol–water partition coefficient (Wildman–Crippen LogP) is 12.5. The maximum atomic E-state index is 6.68. The molecule has 1 aliphatic heterocycles. The van der Waals surface area contributed by atoms with Crippen LogP contribution < -0.4 is 14.5 Å². The number of fused-ring (bicyclic) bond motifs is 4. The number of para-hydroxylation sites is 1. The zero-order valence-corrected chi connectivity index (χ0v) is 31.5. The Morgan fingerprint density at radius 1 is 0.673 bits per heavy atom. The van der Waals surface area contributed by atoms with Crippen molar-refractivity contribution in [2.24, 2.45) is 0 Å². The van der Waals surface area contributed by atoms with Gasteiger partial charge in [0.15, 0.2) is 0 Å². The molecule has 6 nitrogen and oxygen atoms in total. The highest BCUT2D eigenvalue weighted by Crippen LogP contribution is 2.48. The summed E-state index contributed by atoms with van der Waals surface area (Å²) >= 11 is 0. The third-order valence-corrected chi connectivity index (χ3v) is 10.3. The van der Waals surface area contributed by atoms with Gasteiger partial charge in [0.05, 0.1) is 28.6 Å². The number of ether oxygens (including phenoxy) is 1. The normalized spacial score (nSPS) is 13.2. The summed E-state index contributed by atoms with van der Waals surface area (Å²) in [5.74, 6) is 3.22. The van der Waals surface area contributed by atoms with E-state index in [-0.39, 0.29) is 5.41 Å². The van der Waals surface area contributed by atoms with Gasteiger partial charge in [-0.25, -0.2) is 4.98 Å². The van der Waals surface area contributed by atoms with Crippen molar-refractivity contribution >= 4 is 44.6 Å². The van der Waals surface area contributed by atoms with Gasteiger partial charge in [-0.05, 0) is 89.4 Å². The molecule has 0 aliphatic carbocycles. The van der Waals surface area contributed by atoms with Crippen molar-refractivity contribution in [3.8, 4) is 17.3 Å². The largest absolute Gasteiger partial charge is 0.457 e. The Hall–Kier alpha value is -5.62. The van der Waals surface area contributed by atoms with Crippen LogP contribution in [-0.2, 0) is 5.41 Å². The number of rotatable bonds is 7. The van der Waals surface area contributed by atoms with E-state index in [1.54, 1.807) is 0 Å². The molecule has 0 atom stereocenters. The van der Waals surface area contributed by atoms with Crippen molar-refractivity contribution < 1.29 is 4.74 Å². The second-order valence-electron chi connectivity index (χ2n) is 15.7. The quantitative estimate of drug-likeness (QED) is 0.167. The van der Waals surface area contributed by atoms with Gasteiger partial charge in [0, 0.05) is 46.7 Å². The molecule has 8 rings (SSSR count). The van der Waals surface area contributed by atoms with Crippen LogP contribution in [0.3, 0.4) is 0 Å². The number of benzene rings is 4. The van der Waals surface area contributed by atoms with E-state index in [4.69, 9.17) is 9.72 Å². The molecule has 262 valence electrons. The van der Waals surface area contributed by atoms with Crippen molar-refractivity contribution in [1.82, 2.24) is 14.5 Å². The van der Waals surface area contributed by atoms with E-state index in [1.165, 1.54) is 38.7 Å². The summed E-state index contributed by atoms with van der Waals surface area (Å²) in [5.41, 5.74) is 12.1. The zero-order chi connectivity index (χ0) is 36.3. The first kappa shape index (κ1) is 33.5. The standard InChI is InChI=1S/C46H47N5O/c1-29(2)38-22-31(5)23-39(30(3)4)45(38)50-28-49(43-27-47-20-19-41(43)50)33-12-11-13-34(25-33)52-35-16-17-37-36-14-9-10-15-40(36)51(42(37)26-35)44-24-32(18-21-48-44)46(6,7)8/h9-27,29-30H,28H2,1-8H3. The van der Waals surface area contributed by atoms with Gasteiger partial charge in [0.2, 0.25) is 0 Å². The Morgan fingerprint density at radius 3 is 2.15 bits per heavy atom. The Balaban J connectivity index is 1.17. The molecule has 0 radical (unpaired) electrons. The molecule has 4 aromatic carbocycles. The topological polar surface area (TPSA) is 46.4 Å². The van der Waals surface area contributed by atoms with Crippen molar-refractivity contribution in [1.29, 1.82) is 0 Å². The second kappa shape index (κ2) is 12.9. The Bertz CT molecular complexity index is 2420. The van der Waals surface area contributed by atoms with Gasteiger partial charge in [-0.2, -0.15) is 0 Å². The van der Waals surface area contributed by atoms with Gasteiger partial charge in [-0.3, -0.25) is 9.55 Å². The third-order valence-electron chi connectivity index (χ3n) is 10.3. The predicted molar refractivity (Wildman–Crippen MR) is 217 cm³/mol. The first-order valence-corrected chi connectivity index (χ1v) is 18.4. The molecule has 0 bridgehead atoms. The van der Waals surface area contributed by atoms with Crippen LogP contribution in [0, 0.1) is 6.92 Å². The number of anilines is 4. The summed E-state index contributed by atoms with van der Waals surface area (Å²) in [5, 5.41) is 2.35. The maximum absolute atomic E-state index is 6.68. The molecule has 0 fully saturated rings. The zero-order valence-electron chi connectivity index (χ0n) is 31.5. The van der Waals surface area contributed by atoms with E-state index in [2.05, 4.69) is 166 Å². The number of nitrogens with zero attached hydrogens (tertiary/aromatic N) is 5. The van der Waals surface area contributed by atoms with Gasteiger partial charge in [0.25, 0.3) is 0 Å². The lowest BCUT2D eigenvalue weighted by atomic mass is 9.88. The molecular formula is C46H47N5O. The summed E-state index contributed by atoms with van der Waals surface area (Å²) in [6.45, 7) is 18.8. The monoisotopic (exact) mass is 685 g/mol. The van der Waals surface area contributed by atoms with Crippen molar-refractivity contribution in [2.75, 3.05) is 16.5 Å². The first-order valence-electron chi connectivity index (χ1n) is 18.4. The average Bonchev–Trinajstić information content (AvgIpc) is 3.67. The van der Waals surface area contributed by atoms with Crippen LogP contribution in [-0.4, -0.2) is 21.2 Å². The number of pyridine rings is 2. The van der Waals surface area contributed by atoms with Gasteiger partial charge in [-0.15, -0.1) is 0 Å². The average molecular weight is 686 g/mol. The molecule has 0 spiro atoms. The summed E-state index contributed by atoms with van der Waals surface area (Å²) in [4.78, 5) is 14.2. The van der Waals surface area contributed by atoms with Crippen LogP contribution >= 0.6 is 0 Å². The molecule has 0 saturated heterocycles. The second-order valence-corrected chi connectivity index (χ2v) is 15.7. The van der Waals surface area contributed by atoms with E-state index in [9.17, 15) is 0 Å². The highest BCUT2D eigenvalue weighted by atomic mass is 16.5. The van der Waals surface area contributed by atoms with Gasteiger partial charge in [0.1, 0.15) is 24.0 Å². The molecular weight excluding hydrogens is 639 g/mol. The molecule has 1 aliphatic rings. The lowest BCUT2D eigenvalue weighted by Crippen LogP contribution is -2.26. The van der Waals surface area contributed by atoms with Crippen LogP contribution in [0.1, 0.15) is 82.6 Å². The van der Waals surface area contributed by atoms with Crippen LogP contribution in [0.15, 0.2) is 116 Å². The Morgan fingerprint density at radius 2 is 1.40 bits per heavy atom. The molecule has 3 aromatic heterocycles. The van der Waals surface area contributed by atoms with Gasteiger partial charge < -0.3 is 14.5 Å². The molecule has 7 aromatic rings. The minimum atomic E-state index is 0.00620. The van der Waals surface area contributed by atoms with Crippen LogP contribution in [0.2, 0.25) is 0 Å². The molecule has 0 unspecified atom stereocenters. The highest BCUT2D eigenvalue weighted by molar-refractivity contribution is 6.09.